The summed E-state index contributed by atoms with van der Waals surface area (Å²) >= 11 is 0. The van der Waals surface area contributed by atoms with Gasteiger partial charge in [0.2, 0.25) is 11.8 Å². The van der Waals surface area contributed by atoms with E-state index in [1.165, 1.54) is 6.92 Å². The van der Waals surface area contributed by atoms with Crippen molar-refractivity contribution in [3.8, 4) is 0 Å². The van der Waals surface area contributed by atoms with E-state index in [4.69, 9.17) is 0 Å². The van der Waals surface area contributed by atoms with Crippen LogP contribution in [0.25, 0.3) is 10.8 Å². The molecule has 4 nitrogen and oxygen atoms in total. The van der Waals surface area contributed by atoms with Crippen molar-refractivity contribution < 1.29 is 9.59 Å². The molecule has 2 atom stereocenters. The van der Waals surface area contributed by atoms with Crippen LogP contribution >= 0.6 is 0 Å². The van der Waals surface area contributed by atoms with Crippen LogP contribution in [0.1, 0.15) is 51.1 Å². The van der Waals surface area contributed by atoms with Crippen LogP contribution in [0.5, 0.6) is 0 Å². The van der Waals surface area contributed by atoms with Gasteiger partial charge in [0.25, 0.3) is 0 Å². The van der Waals surface area contributed by atoms with Crippen molar-refractivity contribution in [1.82, 2.24) is 10.6 Å². The molecule has 25 heavy (non-hydrogen) atoms. The van der Waals surface area contributed by atoms with Crippen molar-refractivity contribution in [1.29, 1.82) is 0 Å². The van der Waals surface area contributed by atoms with Gasteiger partial charge >= 0.3 is 0 Å². The summed E-state index contributed by atoms with van der Waals surface area (Å²) in [5.41, 5.74) is 1.10. The molecule has 1 saturated carbocycles. The average Bonchev–Trinajstić information content (AvgIpc) is 3.13. The minimum atomic E-state index is -0.433. The molecule has 2 aromatic carbocycles. The van der Waals surface area contributed by atoms with Crippen molar-refractivity contribution >= 4 is 22.6 Å². The molecule has 0 bridgehead atoms. The molecule has 2 amide bonds. The minimum absolute atomic E-state index is 0.0810. The fraction of sp³-hybridized carbons (Fsp3) is 0.429. The third-order valence-corrected chi connectivity index (χ3v) is 5.16. The SMILES string of the molecule is CC(=O)NC(C(=O)NC(C)c1cccc2ccccc12)C1CCCC1. The van der Waals surface area contributed by atoms with Crippen LogP contribution in [0.15, 0.2) is 42.5 Å². The first-order valence-electron chi connectivity index (χ1n) is 9.11. The molecule has 2 unspecified atom stereocenters. The van der Waals surface area contributed by atoms with Crippen molar-refractivity contribution in [3.63, 3.8) is 0 Å². The van der Waals surface area contributed by atoms with Gasteiger partial charge in [-0.15, -0.1) is 0 Å². The van der Waals surface area contributed by atoms with Gasteiger partial charge in [-0.05, 0) is 42.0 Å². The van der Waals surface area contributed by atoms with Gasteiger partial charge in [0.1, 0.15) is 6.04 Å². The summed E-state index contributed by atoms with van der Waals surface area (Å²) in [6.07, 6.45) is 4.27. The molecule has 2 N–H and O–H groups in total. The van der Waals surface area contributed by atoms with Crippen LogP contribution in [-0.4, -0.2) is 17.9 Å². The van der Waals surface area contributed by atoms with Crippen LogP contribution in [-0.2, 0) is 9.59 Å². The van der Waals surface area contributed by atoms with Crippen LogP contribution in [0.4, 0.5) is 0 Å². The smallest absolute Gasteiger partial charge is 0.243 e. The molecular formula is C21H26N2O2. The number of nitrogens with one attached hydrogen (secondary N) is 2. The predicted octanol–water partition coefficient (Wildman–Crippen LogP) is 3.71. The largest absolute Gasteiger partial charge is 0.348 e. The molecule has 0 saturated heterocycles. The molecular weight excluding hydrogens is 312 g/mol. The van der Waals surface area contributed by atoms with E-state index in [1.54, 1.807) is 0 Å². The van der Waals surface area contributed by atoms with Gasteiger partial charge in [0, 0.05) is 6.92 Å². The Morgan fingerprint density at radius 3 is 2.40 bits per heavy atom. The van der Waals surface area contributed by atoms with E-state index in [9.17, 15) is 9.59 Å². The van der Waals surface area contributed by atoms with E-state index in [1.807, 2.05) is 25.1 Å². The van der Waals surface area contributed by atoms with Crippen LogP contribution in [0.3, 0.4) is 0 Å². The van der Waals surface area contributed by atoms with Gasteiger partial charge in [-0.2, -0.15) is 0 Å². The summed E-state index contributed by atoms with van der Waals surface area (Å²) in [5, 5.41) is 8.29. The first-order chi connectivity index (χ1) is 12.1. The molecule has 3 rings (SSSR count). The number of fused-ring (bicyclic) bond motifs is 1. The lowest BCUT2D eigenvalue weighted by Gasteiger charge is -2.26. The Morgan fingerprint density at radius 1 is 1.00 bits per heavy atom. The zero-order valence-electron chi connectivity index (χ0n) is 14.9. The van der Waals surface area contributed by atoms with E-state index in [-0.39, 0.29) is 23.8 Å². The third-order valence-electron chi connectivity index (χ3n) is 5.16. The average molecular weight is 338 g/mol. The number of carbonyl (C=O) groups is 2. The van der Waals surface area contributed by atoms with Gasteiger partial charge < -0.3 is 10.6 Å². The van der Waals surface area contributed by atoms with E-state index in [2.05, 4.69) is 34.9 Å². The van der Waals surface area contributed by atoms with Gasteiger partial charge in [-0.1, -0.05) is 55.3 Å². The molecule has 1 aliphatic rings. The van der Waals surface area contributed by atoms with Crippen LogP contribution in [0, 0.1) is 5.92 Å². The highest BCUT2D eigenvalue weighted by molar-refractivity contribution is 5.89. The first-order valence-corrected chi connectivity index (χ1v) is 9.11. The third kappa shape index (κ3) is 4.01. The lowest BCUT2D eigenvalue weighted by atomic mass is 9.95. The predicted molar refractivity (Wildman–Crippen MR) is 100 cm³/mol. The molecule has 0 radical (unpaired) electrons. The van der Waals surface area contributed by atoms with E-state index in [0.717, 1.165) is 42.0 Å². The maximum absolute atomic E-state index is 12.9. The Morgan fingerprint density at radius 2 is 1.68 bits per heavy atom. The normalized spacial score (nSPS) is 17.2. The van der Waals surface area contributed by atoms with Crippen molar-refractivity contribution in [2.75, 3.05) is 0 Å². The van der Waals surface area contributed by atoms with Gasteiger partial charge in [0.05, 0.1) is 6.04 Å². The maximum Gasteiger partial charge on any atom is 0.243 e. The molecule has 0 heterocycles. The Hall–Kier alpha value is -2.36. The summed E-state index contributed by atoms with van der Waals surface area (Å²) in [5.74, 6) is 0.0102. The Kier molecular flexibility index (Phi) is 5.37. The fourth-order valence-corrected chi connectivity index (χ4v) is 3.92. The van der Waals surface area contributed by atoms with Gasteiger partial charge in [0.15, 0.2) is 0 Å². The number of carbonyl (C=O) groups excluding carboxylic acids is 2. The second kappa shape index (κ2) is 7.68. The molecule has 2 aromatic rings. The zero-order chi connectivity index (χ0) is 17.8. The lowest BCUT2D eigenvalue weighted by Crippen LogP contribution is -2.50. The van der Waals surface area contributed by atoms with E-state index < -0.39 is 6.04 Å². The summed E-state index contributed by atoms with van der Waals surface area (Å²) in [6, 6.07) is 13.8. The molecule has 0 aliphatic heterocycles. The quantitative estimate of drug-likeness (QED) is 0.873. The lowest BCUT2D eigenvalue weighted by molar-refractivity contribution is -0.129. The number of hydrogen-bond acceptors (Lipinski definition) is 2. The molecule has 4 heteroatoms. The van der Waals surface area contributed by atoms with Crippen molar-refractivity contribution in [3.05, 3.63) is 48.0 Å². The van der Waals surface area contributed by atoms with Crippen molar-refractivity contribution in [2.45, 2.75) is 51.6 Å². The zero-order valence-corrected chi connectivity index (χ0v) is 14.9. The van der Waals surface area contributed by atoms with Gasteiger partial charge in [-0.3, -0.25) is 9.59 Å². The summed E-state index contributed by atoms with van der Waals surface area (Å²) < 4.78 is 0. The van der Waals surface area contributed by atoms with Gasteiger partial charge in [-0.25, -0.2) is 0 Å². The standard InChI is InChI=1S/C21H26N2O2/c1-14(18-13-7-11-16-8-5-6-12-19(16)18)22-21(25)20(23-15(2)24)17-9-3-4-10-17/h5-8,11-14,17,20H,3-4,9-10H2,1-2H3,(H,22,25)(H,23,24). The topological polar surface area (TPSA) is 58.2 Å². The summed E-state index contributed by atoms with van der Waals surface area (Å²) in [4.78, 5) is 24.4. The van der Waals surface area contributed by atoms with Crippen LogP contribution in [0.2, 0.25) is 0 Å². The number of amides is 2. The van der Waals surface area contributed by atoms with E-state index in [0.29, 0.717) is 0 Å². The fourth-order valence-electron chi connectivity index (χ4n) is 3.92. The number of rotatable bonds is 5. The Bertz CT molecular complexity index is 760. The highest BCUT2D eigenvalue weighted by Crippen LogP contribution is 2.29. The number of hydrogen-bond donors (Lipinski definition) is 2. The second-order valence-electron chi connectivity index (χ2n) is 7.02. The van der Waals surface area contributed by atoms with E-state index >= 15 is 0 Å². The first kappa shape index (κ1) is 17.5. The highest BCUT2D eigenvalue weighted by atomic mass is 16.2. The highest BCUT2D eigenvalue weighted by Gasteiger charge is 2.32. The van der Waals surface area contributed by atoms with Crippen molar-refractivity contribution in [2.24, 2.45) is 5.92 Å². The molecule has 132 valence electrons. The summed E-state index contributed by atoms with van der Waals surface area (Å²) in [6.45, 7) is 3.47. The molecule has 0 spiro atoms. The maximum atomic E-state index is 12.9. The minimum Gasteiger partial charge on any atom is -0.348 e. The monoisotopic (exact) mass is 338 g/mol. The summed E-state index contributed by atoms with van der Waals surface area (Å²) in [7, 11) is 0. The Balaban J connectivity index is 1.78. The second-order valence-corrected chi connectivity index (χ2v) is 7.02. The Labute approximate surface area is 149 Å². The molecule has 1 fully saturated rings. The number of benzene rings is 2. The molecule has 0 aromatic heterocycles. The van der Waals surface area contributed by atoms with Crippen LogP contribution < -0.4 is 10.6 Å². The molecule has 1 aliphatic carbocycles.